The topological polar surface area (TPSA) is 175 Å². The van der Waals surface area contributed by atoms with Crippen molar-refractivity contribution in [3.8, 4) is 11.5 Å². The number of fused-ring (bicyclic) bond motifs is 4. The van der Waals surface area contributed by atoms with E-state index in [1.54, 1.807) is 13.0 Å². The highest BCUT2D eigenvalue weighted by molar-refractivity contribution is 5.88. The maximum absolute atomic E-state index is 14.0. The summed E-state index contributed by atoms with van der Waals surface area (Å²) in [5.41, 5.74) is 13.1. The molecule has 7 N–H and O–H groups in total. The van der Waals surface area contributed by atoms with Crippen molar-refractivity contribution < 1.29 is 28.5 Å². The number of allylic oxidation sites excluding steroid dienone is 2. The number of phenols is 1. The summed E-state index contributed by atoms with van der Waals surface area (Å²) < 4.78 is 24.7. The number of hydrogen-bond acceptors (Lipinski definition) is 11. The normalized spacial score (nSPS) is 30.9. The van der Waals surface area contributed by atoms with E-state index in [4.69, 9.17) is 30.1 Å². The molecular formula is C37H46N4O7. The van der Waals surface area contributed by atoms with Gasteiger partial charge in [0, 0.05) is 29.7 Å². The Balaban J connectivity index is 1.10. The molecule has 2 fully saturated rings. The Morgan fingerprint density at radius 3 is 2.60 bits per heavy atom. The Morgan fingerprint density at radius 1 is 1.06 bits per heavy atom. The van der Waals surface area contributed by atoms with Crippen LogP contribution in [0.2, 0.25) is 0 Å². The second-order valence-electron chi connectivity index (χ2n) is 14.8. The van der Waals surface area contributed by atoms with Crippen molar-refractivity contribution in [1.29, 1.82) is 0 Å². The van der Waals surface area contributed by atoms with Crippen LogP contribution in [-0.2, 0) is 14.3 Å². The zero-order valence-electron chi connectivity index (χ0n) is 28.2. The van der Waals surface area contributed by atoms with Crippen LogP contribution in [0.15, 0.2) is 68.4 Å². The maximum atomic E-state index is 14.0. The number of nitrogens with two attached hydrogens (primary N) is 2. The Morgan fingerprint density at radius 2 is 1.83 bits per heavy atom. The number of rotatable bonds is 5. The van der Waals surface area contributed by atoms with Crippen LogP contribution in [0.25, 0.3) is 11.0 Å². The lowest BCUT2D eigenvalue weighted by molar-refractivity contribution is -0.170. The highest BCUT2D eigenvalue weighted by atomic mass is 16.7. The molecular weight excluding hydrogens is 612 g/mol. The summed E-state index contributed by atoms with van der Waals surface area (Å²) in [6.45, 7) is 9.75. The number of dihydropyridines is 2. The molecule has 7 rings (SSSR count). The van der Waals surface area contributed by atoms with E-state index < -0.39 is 23.3 Å². The molecule has 5 aliphatic rings. The lowest BCUT2D eigenvalue weighted by Gasteiger charge is -2.44. The van der Waals surface area contributed by atoms with E-state index in [9.17, 15) is 14.7 Å². The van der Waals surface area contributed by atoms with Gasteiger partial charge in [0.1, 0.15) is 39.9 Å². The fraction of sp³-hybridized carbons (Fsp3) is 0.514. The first-order valence-corrected chi connectivity index (χ1v) is 17.0. The molecule has 0 bridgehead atoms. The van der Waals surface area contributed by atoms with Crippen LogP contribution in [0.1, 0.15) is 83.5 Å². The van der Waals surface area contributed by atoms with Crippen LogP contribution < -0.4 is 32.3 Å². The van der Waals surface area contributed by atoms with E-state index >= 15 is 0 Å². The molecule has 5 aliphatic heterocycles. The van der Waals surface area contributed by atoms with E-state index in [0.29, 0.717) is 60.3 Å². The quantitative estimate of drug-likeness (QED) is 0.226. The molecule has 6 heterocycles. The minimum absolute atomic E-state index is 0.106. The van der Waals surface area contributed by atoms with Crippen LogP contribution >= 0.6 is 0 Å². The maximum Gasteiger partial charge on any atom is 0.341 e. The van der Waals surface area contributed by atoms with Gasteiger partial charge in [-0.3, -0.25) is 4.79 Å². The van der Waals surface area contributed by atoms with E-state index in [0.717, 1.165) is 24.0 Å². The van der Waals surface area contributed by atoms with Crippen molar-refractivity contribution in [1.82, 2.24) is 10.6 Å². The van der Waals surface area contributed by atoms with Gasteiger partial charge in [0.2, 0.25) is 0 Å². The van der Waals surface area contributed by atoms with Crippen LogP contribution in [-0.4, -0.2) is 46.6 Å². The van der Waals surface area contributed by atoms with Gasteiger partial charge in [-0.15, -0.1) is 0 Å². The predicted octanol–water partition coefficient (Wildman–Crippen LogP) is 4.52. The second kappa shape index (κ2) is 11.6. The number of epoxide rings is 1. The van der Waals surface area contributed by atoms with E-state index in [1.165, 1.54) is 6.07 Å². The molecule has 0 saturated carbocycles. The number of hydrogen-bond donors (Lipinski definition) is 5. The fourth-order valence-electron chi connectivity index (χ4n) is 7.96. The summed E-state index contributed by atoms with van der Waals surface area (Å²) in [7, 11) is 0. The smallest absolute Gasteiger partial charge is 0.341 e. The van der Waals surface area contributed by atoms with E-state index in [2.05, 4.69) is 36.6 Å². The summed E-state index contributed by atoms with van der Waals surface area (Å²) in [5.74, 6) is 1.49. The Labute approximate surface area is 280 Å². The van der Waals surface area contributed by atoms with Gasteiger partial charge in [-0.25, -0.2) is 4.79 Å². The first kappa shape index (κ1) is 32.2. The van der Waals surface area contributed by atoms with Crippen LogP contribution in [0.5, 0.6) is 11.5 Å². The molecule has 48 heavy (non-hydrogen) atoms. The first-order valence-electron chi connectivity index (χ1n) is 17.0. The lowest BCUT2D eigenvalue weighted by Crippen LogP contribution is -2.52. The van der Waals surface area contributed by atoms with Gasteiger partial charge in [-0.1, -0.05) is 32.4 Å². The number of aryl methyl sites for hydroxylation is 1. The van der Waals surface area contributed by atoms with Crippen LogP contribution in [0, 0.1) is 12.8 Å². The van der Waals surface area contributed by atoms with Gasteiger partial charge >= 0.3 is 5.97 Å². The Kier molecular flexibility index (Phi) is 7.81. The van der Waals surface area contributed by atoms with Crippen molar-refractivity contribution in [2.24, 2.45) is 17.4 Å². The molecule has 11 heteroatoms. The molecule has 0 radical (unpaired) electrons. The summed E-state index contributed by atoms with van der Waals surface area (Å²) in [5, 5.41) is 18.2. The number of carbonyl (C=O) groups is 1. The number of ether oxygens (including phenoxy) is 3. The number of carbonyl (C=O) groups excluding carboxylic acids is 1. The number of benzene rings is 1. The van der Waals surface area contributed by atoms with Crippen molar-refractivity contribution in [2.45, 2.75) is 115 Å². The average molecular weight is 659 g/mol. The minimum atomic E-state index is -1.03. The fourth-order valence-corrected chi connectivity index (χ4v) is 7.96. The molecule has 2 aromatic rings. The summed E-state index contributed by atoms with van der Waals surface area (Å²) in [6.07, 6.45) is 11.2. The molecule has 256 valence electrons. The van der Waals surface area contributed by atoms with Gasteiger partial charge in [-0.2, -0.15) is 0 Å². The lowest BCUT2D eigenvalue weighted by atomic mass is 9.77. The zero-order chi connectivity index (χ0) is 34.1. The number of esters is 1. The second-order valence-corrected chi connectivity index (χ2v) is 14.8. The molecule has 11 nitrogen and oxygen atoms in total. The summed E-state index contributed by atoms with van der Waals surface area (Å²) in [4.78, 5) is 26.9. The van der Waals surface area contributed by atoms with E-state index in [1.807, 2.05) is 26.0 Å². The number of aromatic hydroxyl groups is 1. The third-order valence-electron chi connectivity index (χ3n) is 10.5. The van der Waals surface area contributed by atoms with Gasteiger partial charge in [0.25, 0.3) is 0 Å². The highest BCUT2D eigenvalue weighted by Crippen LogP contribution is 2.53. The molecule has 6 atom stereocenters. The van der Waals surface area contributed by atoms with Crippen molar-refractivity contribution in [3.05, 3.63) is 80.8 Å². The van der Waals surface area contributed by atoms with Gasteiger partial charge < -0.3 is 45.8 Å². The number of phenolic OH excluding ortho intramolecular Hbond substituents is 1. The zero-order valence-corrected chi connectivity index (χ0v) is 28.2. The Bertz CT molecular complexity index is 1850. The molecule has 2 saturated heterocycles. The largest absolute Gasteiger partial charge is 0.507 e. The van der Waals surface area contributed by atoms with Crippen LogP contribution in [0.3, 0.4) is 0 Å². The molecule has 2 unspecified atom stereocenters. The van der Waals surface area contributed by atoms with Gasteiger partial charge in [0.05, 0.1) is 23.8 Å². The first-order chi connectivity index (χ1) is 22.8. The Hall–Kier alpha value is -4.38. The van der Waals surface area contributed by atoms with Crippen LogP contribution in [0.4, 0.5) is 0 Å². The third-order valence-corrected chi connectivity index (χ3v) is 10.5. The van der Waals surface area contributed by atoms with Gasteiger partial charge in [0.15, 0.2) is 11.0 Å². The molecule has 0 amide bonds. The molecule has 1 aromatic carbocycles. The predicted molar refractivity (Wildman–Crippen MR) is 181 cm³/mol. The summed E-state index contributed by atoms with van der Waals surface area (Å²) in [6, 6.07) is 3.04. The highest BCUT2D eigenvalue weighted by Gasteiger charge is 2.64. The molecule has 1 spiro atoms. The molecule has 0 aliphatic carbocycles. The standard InChI is InChI=1S/C37H46N4O7/c1-18(2)23-15-21(16-30(39)40-23)24-13-20(14-29(38)41-24)9-10-28-37(48-28)11-7-6-8-22-31-27(47-36(4,5)34(22)46-35(37)44)17-26-32(33(31)43)25(42)12-19(3)45-26/h12-18,22-24,28,34,40-41,43H,6-11,38-39H2,1-5H3/t22-,23?,24?,28-,34-,37+/m1/s1. The van der Waals surface area contributed by atoms with Crippen molar-refractivity contribution >= 4 is 16.9 Å². The summed E-state index contributed by atoms with van der Waals surface area (Å²) >= 11 is 0. The molecule has 1 aromatic heterocycles. The van der Waals surface area contributed by atoms with E-state index in [-0.39, 0.29) is 46.3 Å². The minimum Gasteiger partial charge on any atom is -0.507 e. The SMILES string of the molecule is Cc1cc(=O)c2c(O)c3c(cc2o1)OC(C)(C)[C@@H]1OC(=O)[C@@]2(CCCC[C@H]31)O[C@@H]2CCC1=CC(C2=CC(C(C)C)NC(N)=C2)NC(N)=C1. The van der Waals surface area contributed by atoms with Crippen molar-refractivity contribution in [2.75, 3.05) is 0 Å². The van der Waals surface area contributed by atoms with Gasteiger partial charge in [-0.05, 0) is 82.1 Å². The third kappa shape index (κ3) is 5.61. The van der Waals surface area contributed by atoms with Crippen molar-refractivity contribution in [3.63, 3.8) is 0 Å². The number of nitrogens with one attached hydrogen (secondary N) is 2. The average Bonchev–Trinajstić information content (AvgIpc) is 3.70. The monoisotopic (exact) mass is 658 g/mol.